The van der Waals surface area contributed by atoms with Gasteiger partial charge < -0.3 is 15.1 Å². The monoisotopic (exact) mass is 310 g/mol. The van der Waals surface area contributed by atoms with Crippen LogP contribution < -0.4 is 15.1 Å². The van der Waals surface area contributed by atoms with Crippen LogP contribution in [0, 0.1) is 0 Å². The molecule has 21 heavy (non-hydrogen) atoms. The lowest BCUT2D eigenvalue weighted by Crippen LogP contribution is -2.37. The number of anilines is 2. The smallest absolute Gasteiger partial charge is 0.239 e. The fourth-order valence-corrected chi connectivity index (χ4v) is 2.50. The van der Waals surface area contributed by atoms with Crippen LogP contribution in [0.5, 0.6) is 0 Å². The van der Waals surface area contributed by atoms with Gasteiger partial charge in [-0.15, -0.1) is 0 Å². The fourth-order valence-electron chi connectivity index (χ4n) is 2.35. The maximum atomic E-state index is 11.8. The molecule has 1 saturated heterocycles. The second-order valence-corrected chi connectivity index (χ2v) is 5.93. The van der Waals surface area contributed by atoms with Crippen molar-refractivity contribution in [2.45, 2.75) is 31.7 Å². The van der Waals surface area contributed by atoms with Gasteiger partial charge in [-0.25, -0.2) is 0 Å². The van der Waals surface area contributed by atoms with Gasteiger partial charge in [0, 0.05) is 26.2 Å². The highest BCUT2D eigenvalue weighted by atomic mass is 35.5. The summed E-state index contributed by atoms with van der Waals surface area (Å²) >= 11 is 5.99. The summed E-state index contributed by atoms with van der Waals surface area (Å²) in [7, 11) is 1.78. The SMILES string of the molecule is CN(CC(=O)NC1CC1)c1nc(Cl)nc(N2CCCC2)n1. The van der Waals surface area contributed by atoms with Gasteiger partial charge in [-0.3, -0.25) is 4.79 Å². The number of aromatic nitrogens is 3. The Morgan fingerprint density at radius 1 is 1.33 bits per heavy atom. The molecule has 1 amide bonds. The van der Waals surface area contributed by atoms with E-state index in [0.29, 0.717) is 17.9 Å². The molecule has 8 heteroatoms. The van der Waals surface area contributed by atoms with E-state index < -0.39 is 0 Å². The fraction of sp³-hybridized carbons (Fsp3) is 0.692. The summed E-state index contributed by atoms with van der Waals surface area (Å²) in [5.74, 6) is 1.01. The lowest BCUT2D eigenvalue weighted by Gasteiger charge is -2.20. The second-order valence-electron chi connectivity index (χ2n) is 5.60. The molecule has 1 aromatic heterocycles. The Hall–Kier alpha value is -1.63. The Morgan fingerprint density at radius 3 is 2.71 bits per heavy atom. The van der Waals surface area contributed by atoms with Crippen molar-refractivity contribution in [1.82, 2.24) is 20.3 Å². The number of halogens is 1. The highest BCUT2D eigenvalue weighted by Gasteiger charge is 2.24. The molecule has 0 aromatic carbocycles. The average molecular weight is 311 g/mol. The summed E-state index contributed by atoms with van der Waals surface area (Å²) < 4.78 is 0. The molecule has 1 aliphatic heterocycles. The normalized spacial score (nSPS) is 17.9. The van der Waals surface area contributed by atoms with E-state index in [0.717, 1.165) is 38.8 Å². The van der Waals surface area contributed by atoms with Gasteiger partial charge in [-0.2, -0.15) is 15.0 Å². The van der Waals surface area contributed by atoms with Gasteiger partial charge in [0.15, 0.2) is 0 Å². The molecular weight excluding hydrogens is 292 g/mol. The van der Waals surface area contributed by atoms with E-state index in [1.807, 2.05) is 0 Å². The standard InChI is InChI=1S/C13H19ClN6O/c1-19(8-10(21)15-9-4-5-9)12-16-11(14)17-13(18-12)20-6-2-3-7-20/h9H,2-8H2,1H3,(H,15,21). The van der Waals surface area contributed by atoms with E-state index in [1.54, 1.807) is 11.9 Å². The van der Waals surface area contributed by atoms with Crippen molar-refractivity contribution in [3.63, 3.8) is 0 Å². The summed E-state index contributed by atoms with van der Waals surface area (Å²) in [5.41, 5.74) is 0. The van der Waals surface area contributed by atoms with Crippen LogP contribution in [-0.2, 0) is 4.79 Å². The third kappa shape index (κ3) is 3.72. The van der Waals surface area contributed by atoms with Crippen molar-refractivity contribution in [3.8, 4) is 0 Å². The first kappa shape index (κ1) is 14.3. The molecular formula is C13H19ClN6O. The van der Waals surface area contributed by atoms with Crippen LogP contribution in [0.3, 0.4) is 0 Å². The average Bonchev–Trinajstić information content (AvgIpc) is 3.07. The zero-order valence-corrected chi connectivity index (χ0v) is 12.8. The zero-order chi connectivity index (χ0) is 14.8. The van der Waals surface area contributed by atoms with Gasteiger partial charge in [0.05, 0.1) is 6.54 Å². The Labute approximate surface area is 128 Å². The number of amides is 1. The molecule has 1 aromatic rings. The first-order valence-electron chi connectivity index (χ1n) is 7.29. The molecule has 0 unspecified atom stereocenters. The van der Waals surface area contributed by atoms with Crippen LogP contribution in [0.15, 0.2) is 0 Å². The minimum atomic E-state index is -0.0146. The predicted molar refractivity (Wildman–Crippen MR) is 80.7 cm³/mol. The summed E-state index contributed by atoms with van der Waals surface area (Å²) in [6, 6.07) is 0.355. The Morgan fingerprint density at radius 2 is 2.05 bits per heavy atom. The maximum absolute atomic E-state index is 11.8. The largest absolute Gasteiger partial charge is 0.352 e. The predicted octanol–water partition coefficient (Wildman–Crippen LogP) is 0.840. The summed E-state index contributed by atoms with van der Waals surface area (Å²) in [4.78, 5) is 28.3. The molecule has 7 nitrogen and oxygen atoms in total. The molecule has 2 heterocycles. The zero-order valence-electron chi connectivity index (χ0n) is 12.0. The van der Waals surface area contributed by atoms with Gasteiger partial charge in [0.1, 0.15) is 0 Å². The molecule has 0 radical (unpaired) electrons. The van der Waals surface area contributed by atoms with E-state index in [-0.39, 0.29) is 17.7 Å². The lowest BCUT2D eigenvalue weighted by molar-refractivity contribution is -0.119. The third-order valence-corrected chi connectivity index (χ3v) is 3.81. The molecule has 0 bridgehead atoms. The number of likely N-dealkylation sites (N-methyl/N-ethyl adjacent to an activating group) is 1. The number of hydrogen-bond donors (Lipinski definition) is 1. The van der Waals surface area contributed by atoms with E-state index in [4.69, 9.17) is 11.6 Å². The van der Waals surface area contributed by atoms with Crippen molar-refractivity contribution >= 4 is 29.4 Å². The number of rotatable bonds is 5. The minimum absolute atomic E-state index is 0.0146. The van der Waals surface area contributed by atoms with Crippen molar-refractivity contribution in [3.05, 3.63) is 5.28 Å². The summed E-state index contributed by atoms with van der Waals surface area (Å²) in [5, 5.41) is 3.11. The second kappa shape index (κ2) is 6.01. The molecule has 0 atom stereocenters. The summed E-state index contributed by atoms with van der Waals surface area (Å²) in [6.45, 7) is 2.09. The van der Waals surface area contributed by atoms with E-state index in [9.17, 15) is 4.79 Å². The topological polar surface area (TPSA) is 74.2 Å². The Kier molecular flexibility index (Phi) is 4.10. The quantitative estimate of drug-likeness (QED) is 0.869. The Bertz CT molecular complexity index is 529. The van der Waals surface area contributed by atoms with Gasteiger partial charge in [-0.1, -0.05) is 0 Å². The van der Waals surface area contributed by atoms with E-state index in [2.05, 4.69) is 25.2 Å². The van der Waals surface area contributed by atoms with Crippen molar-refractivity contribution in [1.29, 1.82) is 0 Å². The molecule has 2 aliphatic rings. The van der Waals surface area contributed by atoms with Crippen LogP contribution >= 0.6 is 11.6 Å². The van der Waals surface area contributed by atoms with Crippen LogP contribution in [0.1, 0.15) is 25.7 Å². The van der Waals surface area contributed by atoms with E-state index in [1.165, 1.54) is 0 Å². The van der Waals surface area contributed by atoms with Gasteiger partial charge in [-0.05, 0) is 37.3 Å². The highest BCUT2D eigenvalue weighted by molar-refractivity contribution is 6.28. The third-order valence-electron chi connectivity index (χ3n) is 3.64. The van der Waals surface area contributed by atoms with Crippen molar-refractivity contribution < 1.29 is 4.79 Å². The first-order chi connectivity index (χ1) is 10.1. The molecule has 3 rings (SSSR count). The Balaban J connectivity index is 1.69. The van der Waals surface area contributed by atoms with Gasteiger partial charge in [0.25, 0.3) is 0 Å². The molecule has 1 saturated carbocycles. The van der Waals surface area contributed by atoms with E-state index >= 15 is 0 Å². The molecule has 114 valence electrons. The van der Waals surface area contributed by atoms with Crippen LogP contribution in [0.2, 0.25) is 5.28 Å². The molecule has 1 N–H and O–H groups in total. The maximum Gasteiger partial charge on any atom is 0.239 e. The van der Waals surface area contributed by atoms with Crippen molar-refractivity contribution in [2.24, 2.45) is 0 Å². The van der Waals surface area contributed by atoms with Crippen molar-refractivity contribution in [2.75, 3.05) is 36.5 Å². The number of nitrogens with one attached hydrogen (secondary N) is 1. The number of carbonyl (C=O) groups excluding carboxylic acids is 1. The number of nitrogens with zero attached hydrogens (tertiary/aromatic N) is 5. The lowest BCUT2D eigenvalue weighted by atomic mass is 10.4. The summed E-state index contributed by atoms with van der Waals surface area (Å²) in [6.07, 6.45) is 4.43. The van der Waals surface area contributed by atoms with Crippen LogP contribution in [0.25, 0.3) is 0 Å². The molecule has 1 aliphatic carbocycles. The van der Waals surface area contributed by atoms with Crippen LogP contribution in [-0.4, -0.2) is 53.6 Å². The highest BCUT2D eigenvalue weighted by Crippen LogP contribution is 2.20. The number of hydrogen-bond acceptors (Lipinski definition) is 6. The minimum Gasteiger partial charge on any atom is -0.352 e. The number of carbonyl (C=O) groups is 1. The van der Waals surface area contributed by atoms with Gasteiger partial charge in [0.2, 0.25) is 23.1 Å². The first-order valence-corrected chi connectivity index (χ1v) is 7.66. The van der Waals surface area contributed by atoms with Gasteiger partial charge >= 0.3 is 0 Å². The molecule has 2 fully saturated rings. The van der Waals surface area contributed by atoms with Crippen LogP contribution in [0.4, 0.5) is 11.9 Å². The molecule has 0 spiro atoms.